The van der Waals surface area contributed by atoms with E-state index in [0.29, 0.717) is 31.6 Å². The number of amides is 3. The van der Waals surface area contributed by atoms with E-state index in [2.05, 4.69) is 0 Å². The number of aromatic hydroxyl groups is 1. The highest BCUT2D eigenvalue weighted by Gasteiger charge is 2.48. The fourth-order valence-corrected chi connectivity index (χ4v) is 15.5. The predicted octanol–water partition coefficient (Wildman–Crippen LogP) is 13.3. The van der Waals surface area contributed by atoms with Gasteiger partial charge >= 0.3 is 5.97 Å². The summed E-state index contributed by atoms with van der Waals surface area (Å²) in [6.07, 6.45) is 11.3. The van der Waals surface area contributed by atoms with Crippen LogP contribution in [0.4, 0.5) is 55.3 Å². The summed E-state index contributed by atoms with van der Waals surface area (Å²) in [5.74, 6) is -30.2. The molecule has 0 atom stereocenters. The average Bonchev–Trinajstić information content (AvgIpc) is 0.748. The Morgan fingerprint density at radius 2 is 0.856 bits per heavy atom. The van der Waals surface area contributed by atoms with E-state index in [1.165, 1.54) is 58.0 Å². The third-order valence-electron chi connectivity index (χ3n) is 17.6. The maximum absolute atomic E-state index is 14.5. The van der Waals surface area contributed by atoms with Gasteiger partial charge in [-0.1, -0.05) is 125 Å². The zero-order chi connectivity index (χ0) is 69.1. The maximum atomic E-state index is 14.5. The van der Waals surface area contributed by atoms with E-state index in [-0.39, 0.29) is 55.4 Å². The number of hydrogen-bond donors (Lipinski definition) is 4. The van der Waals surface area contributed by atoms with Gasteiger partial charge in [-0.25, -0.2) is 71.0 Å². The van der Waals surface area contributed by atoms with Gasteiger partial charge in [-0.2, -0.15) is 8.61 Å². The van der Waals surface area contributed by atoms with Crippen molar-refractivity contribution >= 4 is 55.1 Å². The molecule has 0 aromatic heterocycles. The van der Waals surface area contributed by atoms with Crippen molar-refractivity contribution in [1.29, 1.82) is 0 Å². The first-order valence-electron chi connectivity index (χ1n) is 30.4. The molecule has 7 aromatic carbocycles. The molecule has 0 unspecified atom stereocenters. The number of benzene rings is 7. The summed E-state index contributed by atoms with van der Waals surface area (Å²) in [6, 6.07) is 32.0. The Bertz CT molecular complexity index is 4290. The standard InChI is InChI=1S/C37H33F5N2O6S.C30H28F5N3O6S.CH4/c38-30-31(39)33(41)35(34(42)32(30)40)51(48,49)43-19-26(20-43)36(45)44(18-22-11-13-25(14-12-22)24-9-5-2-6-10-24)27-15-16-28(37(46)47)29(17-27)50-21-23-7-3-1-4-8-23;31-23-24(32)26(34)28(27(35)25(23)33)45(43,44)37-14-19(15-37)30(41)38(20-10-11-21(22(39)12-20)29(40)36-42)13-16-6-8-18(9-7-16)17-4-2-1-3-5-17;/h1,3-4,7-8,11-17,24,26H,2,5-6,9-10,18-21H2,(H,46,47);6-12,17,19,39,42H,1-5,13-15H2,(H,36,40);1H4. The molecule has 0 spiro atoms. The van der Waals surface area contributed by atoms with Crippen molar-refractivity contribution in [2.24, 2.45) is 11.8 Å². The molecular weight excluding hydrogens is 1330 g/mol. The highest BCUT2D eigenvalue weighted by atomic mass is 32.2. The molecular formula is C68H65F10N5O12S2. The highest BCUT2D eigenvalue weighted by molar-refractivity contribution is 7.89. The summed E-state index contributed by atoms with van der Waals surface area (Å²) in [4.78, 5) is 50.2. The summed E-state index contributed by atoms with van der Waals surface area (Å²) < 4.78 is 198. The SMILES string of the molecule is C.O=C(NO)c1ccc(N(Cc2ccc(C3CCCCC3)cc2)C(=O)C2CN(S(=O)(=O)c3c(F)c(F)c(F)c(F)c3F)C2)cc1O.O=C(O)c1ccc(N(Cc2ccc(C3CCCCC3)cc2)C(=O)C2CN(S(=O)(=O)c3c(F)c(F)c(F)c(F)c3F)C2)cc1OCc1ccccc1. The second kappa shape index (κ2) is 30.2. The lowest BCUT2D eigenvalue weighted by Gasteiger charge is -2.39. The number of anilines is 2. The monoisotopic (exact) mass is 1400 g/mol. The molecule has 2 saturated heterocycles. The van der Waals surface area contributed by atoms with Crippen LogP contribution in [0.1, 0.15) is 132 Å². The van der Waals surface area contributed by atoms with Crippen LogP contribution in [-0.2, 0) is 49.3 Å². The molecule has 11 rings (SSSR count). The van der Waals surface area contributed by atoms with Crippen LogP contribution in [0.25, 0.3) is 0 Å². The molecule has 3 amide bonds. The van der Waals surface area contributed by atoms with Gasteiger partial charge in [-0.15, -0.1) is 0 Å². The molecule has 0 radical (unpaired) electrons. The van der Waals surface area contributed by atoms with E-state index in [1.807, 2.05) is 54.6 Å². The van der Waals surface area contributed by atoms with Gasteiger partial charge in [0.2, 0.25) is 43.5 Å². The van der Waals surface area contributed by atoms with E-state index < -0.39 is 155 Å². The third-order valence-corrected chi connectivity index (χ3v) is 21.3. The zero-order valence-electron chi connectivity index (χ0n) is 50.7. The first-order chi connectivity index (χ1) is 45.7. The number of ether oxygens (including phenoxy) is 1. The third kappa shape index (κ3) is 15.1. The Morgan fingerprint density at radius 3 is 1.23 bits per heavy atom. The largest absolute Gasteiger partial charge is 0.507 e. The lowest BCUT2D eigenvalue weighted by molar-refractivity contribution is -0.126. The Labute approximate surface area is 551 Å². The quantitative estimate of drug-likeness (QED) is 0.0195. The summed E-state index contributed by atoms with van der Waals surface area (Å²) in [5.41, 5.74) is 5.72. The summed E-state index contributed by atoms with van der Waals surface area (Å²) >= 11 is 0. The minimum absolute atomic E-state index is 0. The molecule has 2 aliphatic heterocycles. The van der Waals surface area contributed by atoms with Crippen molar-refractivity contribution in [3.63, 3.8) is 0 Å². The lowest BCUT2D eigenvalue weighted by atomic mass is 9.84. The van der Waals surface area contributed by atoms with Gasteiger partial charge in [-0.3, -0.25) is 19.6 Å². The van der Waals surface area contributed by atoms with Crippen LogP contribution in [0, 0.1) is 70.0 Å². The van der Waals surface area contributed by atoms with Crippen LogP contribution < -0.4 is 20.0 Å². The highest BCUT2D eigenvalue weighted by Crippen LogP contribution is 2.40. The summed E-state index contributed by atoms with van der Waals surface area (Å²) in [7, 11) is -10.5. The first kappa shape index (κ1) is 72.4. The zero-order valence-corrected chi connectivity index (χ0v) is 52.3. The van der Waals surface area contributed by atoms with Crippen molar-refractivity contribution in [3.05, 3.63) is 212 Å². The first-order valence-corrected chi connectivity index (χ1v) is 33.2. The molecule has 0 bridgehead atoms. The fourth-order valence-electron chi connectivity index (χ4n) is 12.2. The normalized spacial score (nSPS) is 15.8. The minimum Gasteiger partial charge on any atom is -0.507 e. The van der Waals surface area contributed by atoms with E-state index in [4.69, 9.17) is 9.94 Å². The summed E-state index contributed by atoms with van der Waals surface area (Å²) in [6.45, 7) is -2.53. The molecule has 2 heterocycles. The van der Waals surface area contributed by atoms with Crippen LogP contribution in [-0.4, -0.2) is 90.7 Å². The van der Waals surface area contributed by atoms with Crippen LogP contribution in [0.3, 0.4) is 0 Å². The number of rotatable bonds is 19. The van der Waals surface area contributed by atoms with Gasteiger partial charge in [0.1, 0.15) is 23.7 Å². The number of nitrogens with one attached hydrogen (secondary N) is 1. The van der Waals surface area contributed by atoms with E-state index in [1.54, 1.807) is 24.3 Å². The predicted molar refractivity (Wildman–Crippen MR) is 332 cm³/mol. The number of hydrogen-bond acceptors (Lipinski definition) is 11. The fraction of sp³-hybridized carbons (Fsp3) is 0.324. The molecule has 2 aliphatic carbocycles. The molecule has 4 fully saturated rings. The molecule has 7 aromatic rings. The second-order valence-electron chi connectivity index (χ2n) is 23.7. The number of sulfonamides is 2. The van der Waals surface area contributed by atoms with Gasteiger partial charge in [0.05, 0.1) is 30.5 Å². The maximum Gasteiger partial charge on any atom is 0.339 e. The van der Waals surface area contributed by atoms with Crippen LogP contribution in [0.5, 0.6) is 11.5 Å². The van der Waals surface area contributed by atoms with Crippen molar-refractivity contribution in [3.8, 4) is 11.5 Å². The Hall–Kier alpha value is -8.90. The molecule has 97 heavy (non-hydrogen) atoms. The molecule has 516 valence electrons. The van der Waals surface area contributed by atoms with E-state index >= 15 is 0 Å². The van der Waals surface area contributed by atoms with Crippen LogP contribution >= 0.6 is 0 Å². The Balaban J connectivity index is 0.000000227. The Morgan fingerprint density at radius 1 is 0.485 bits per heavy atom. The minimum atomic E-state index is -5.23. The van der Waals surface area contributed by atoms with Crippen LogP contribution in [0.2, 0.25) is 0 Å². The van der Waals surface area contributed by atoms with Gasteiger partial charge < -0.3 is 24.7 Å². The van der Waals surface area contributed by atoms with Gasteiger partial charge in [-0.05, 0) is 89.6 Å². The second-order valence-corrected chi connectivity index (χ2v) is 27.5. The molecule has 2 saturated carbocycles. The topological polar surface area (TPSA) is 231 Å². The number of phenolic OH excluding ortho intramolecular Hbond substituents is 1. The average molecular weight is 1400 g/mol. The number of aromatic carboxylic acids is 1. The molecule has 4 aliphatic rings. The smallest absolute Gasteiger partial charge is 0.339 e. The van der Waals surface area contributed by atoms with Crippen molar-refractivity contribution in [1.82, 2.24) is 14.1 Å². The van der Waals surface area contributed by atoms with Crippen molar-refractivity contribution < 1.29 is 100 Å². The van der Waals surface area contributed by atoms with Gasteiger partial charge in [0.25, 0.3) is 5.91 Å². The Kier molecular flexibility index (Phi) is 22.6. The van der Waals surface area contributed by atoms with Crippen molar-refractivity contribution in [2.75, 3.05) is 36.0 Å². The number of nitrogens with zero attached hydrogens (tertiary/aromatic N) is 4. The molecule has 4 N–H and O–H groups in total. The number of phenols is 1. The number of halogens is 10. The lowest BCUT2D eigenvalue weighted by Crippen LogP contribution is -2.56. The number of carbonyl (C=O) groups is 4. The number of carboxylic acids is 1. The molecule has 29 heteroatoms. The number of hydroxylamine groups is 1. The number of carboxylic acid groups (broad SMARTS) is 1. The summed E-state index contributed by atoms with van der Waals surface area (Å²) in [5, 5.41) is 29.2. The van der Waals surface area contributed by atoms with Gasteiger partial charge in [0, 0.05) is 49.7 Å². The van der Waals surface area contributed by atoms with E-state index in [0.717, 1.165) is 74.6 Å². The van der Waals surface area contributed by atoms with Gasteiger partial charge in [0.15, 0.2) is 56.3 Å². The number of carbonyl (C=O) groups excluding carboxylic acids is 3. The van der Waals surface area contributed by atoms with Crippen LogP contribution in [0.15, 0.2) is 125 Å². The van der Waals surface area contributed by atoms with E-state index in [9.17, 15) is 90.1 Å². The molecule has 17 nitrogen and oxygen atoms in total. The van der Waals surface area contributed by atoms with Crippen molar-refractivity contribution in [2.45, 2.75) is 113 Å².